The molecule has 1 aromatic carbocycles. The zero-order valence-corrected chi connectivity index (χ0v) is 12.7. The van der Waals surface area contributed by atoms with Crippen LogP contribution in [0.2, 0.25) is 5.02 Å². The van der Waals surface area contributed by atoms with E-state index in [1.807, 2.05) is 0 Å². The van der Waals surface area contributed by atoms with E-state index in [4.69, 9.17) is 16.3 Å². The van der Waals surface area contributed by atoms with Crippen LogP contribution in [0.3, 0.4) is 0 Å². The Balaban J connectivity index is 2.26. The van der Waals surface area contributed by atoms with Crippen molar-refractivity contribution in [2.75, 3.05) is 7.11 Å². The molecule has 0 unspecified atom stereocenters. The summed E-state index contributed by atoms with van der Waals surface area (Å²) in [6, 6.07) is 4.73. The van der Waals surface area contributed by atoms with Crippen LogP contribution in [0.5, 0.6) is 5.88 Å². The van der Waals surface area contributed by atoms with Crippen molar-refractivity contribution in [3.05, 3.63) is 50.7 Å². The average molecular weight is 340 g/mol. The molecule has 0 amide bonds. The summed E-state index contributed by atoms with van der Waals surface area (Å²) in [5, 5.41) is 14.6. The lowest BCUT2D eigenvalue weighted by atomic mass is 10.2. The maximum absolute atomic E-state index is 12.1. The molecule has 120 valence electrons. The molecular weight excluding hydrogens is 330 g/mol. The van der Waals surface area contributed by atoms with Crippen molar-refractivity contribution in [3.63, 3.8) is 0 Å². The number of carbonyl (C=O) groups excluding carboxylic acids is 2. The van der Waals surface area contributed by atoms with Gasteiger partial charge in [-0.15, -0.1) is 0 Å². The maximum Gasteiger partial charge on any atom is 0.358 e. The van der Waals surface area contributed by atoms with Gasteiger partial charge in [-0.2, -0.15) is 5.10 Å². The zero-order valence-electron chi connectivity index (χ0n) is 12.0. The molecule has 0 spiro atoms. The lowest BCUT2D eigenvalue weighted by Crippen LogP contribution is -2.11. The fraction of sp³-hybridized carbons (Fsp3) is 0.154. The Morgan fingerprint density at radius 3 is 2.61 bits per heavy atom. The quantitative estimate of drug-likeness (QED) is 0.475. The number of benzene rings is 1. The molecule has 2 rings (SSSR count). The van der Waals surface area contributed by atoms with Crippen molar-refractivity contribution in [3.8, 4) is 5.88 Å². The van der Waals surface area contributed by atoms with Crippen LogP contribution in [-0.2, 0) is 11.8 Å². The number of esters is 2. The molecule has 0 aliphatic carbocycles. The van der Waals surface area contributed by atoms with Gasteiger partial charge in [-0.05, 0) is 12.1 Å². The van der Waals surface area contributed by atoms with Crippen LogP contribution < -0.4 is 4.74 Å². The van der Waals surface area contributed by atoms with Crippen molar-refractivity contribution in [2.45, 2.75) is 0 Å². The van der Waals surface area contributed by atoms with Crippen LogP contribution >= 0.6 is 11.6 Å². The molecular formula is C13H10ClN3O6. The van der Waals surface area contributed by atoms with Gasteiger partial charge in [0.2, 0.25) is 5.88 Å². The van der Waals surface area contributed by atoms with Gasteiger partial charge in [-0.3, -0.25) is 10.1 Å². The molecule has 0 aliphatic heterocycles. The van der Waals surface area contributed by atoms with Gasteiger partial charge >= 0.3 is 11.9 Å². The van der Waals surface area contributed by atoms with Crippen molar-refractivity contribution in [1.29, 1.82) is 0 Å². The second-order valence-corrected chi connectivity index (χ2v) is 4.70. The zero-order chi connectivity index (χ0) is 17.1. The summed E-state index contributed by atoms with van der Waals surface area (Å²) in [5.74, 6) is -1.57. The van der Waals surface area contributed by atoms with E-state index in [1.165, 1.54) is 32.4 Å². The van der Waals surface area contributed by atoms with E-state index in [0.717, 1.165) is 10.7 Å². The summed E-state index contributed by atoms with van der Waals surface area (Å²) in [7, 11) is 2.65. The largest absolute Gasteiger partial charge is 0.464 e. The second kappa shape index (κ2) is 6.44. The molecule has 9 nitrogen and oxygen atoms in total. The van der Waals surface area contributed by atoms with E-state index < -0.39 is 22.5 Å². The molecule has 23 heavy (non-hydrogen) atoms. The van der Waals surface area contributed by atoms with Gasteiger partial charge in [-0.1, -0.05) is 11.6 Å². The average Bonchev–Trinajstić information content (AvgIpc) is 2.87. The second-order valence-electron chi connectivity index (χ2n) is 4.30. The summed E-state index contributed by atoms with van der Waals surface area (Å²) in [6.45, 7) is 0. The smallest absolute Gasteiger partial charge is 0.358 e. The number of ether oxygens (including phenoxy) is 2. The number of aryl methyl sites for hydroxylation is 1. The van der Waals surface area contributed by atoms with Crippen molar-refractivity contribution in [1.82, 2.24) is 9.78 Å². The molecule has 1 aromatic heterocycles. The third-order valence-electron chi connectivity index (χ3n) is 2.81. The number of nitrogens with zero attached hydrogens (tertiary/aromatic N) is 3. The van der Waals surface area contributed by atoms with Crippen molar-refractivity contribution in [2.24, 2.45) is 7.05 Å². The molecule has 0 bridgehead atoms. The van der Waals surface area contributed by atoms with Crippen molar-refractivity contribution >= 4 is 29.2 Å². The third kappa shape index (κ3) is 3.46. The topological polar surface area (TPSA) is 114 Å². The summed E-state index contributed by atoms with van der Waals surface area (Å²) in [6.07, 6.45) is 0. The Hall–Kier alpha value is -2.94. The predicted octanol–water partition coefficient (Wildman–Crippen LogP) is 1.99. The van der Waals surface area contributed by atoms with Gasteiger partial charge < -0.3 is 9.47 Å². The Bertz CT molecular complexity index is 801. The summed E-state index contributed by atoms with van der Waals surface area (Å²) in [4.78, 5) is 33.5. The first-order valence-electron chi connectivity index (χ1n) is 6.12. The molecule has 0 N–H and O–H groups in total. The van der Waals surface area contributed by atoms with Crippen LogP contribution in [0, 0.1) is 10.1 Å². The fourth-order valence-corrected chi connectivity index (χ4v) is 1.87. The van der Waals surface area contributed by atoms with Gasteiger partial charge in [0.05, 0.1) is 17.6 Å². The monoisotopic (exact) mass is 339 g/mol. The lowest BCUT2D eigenvalue weighted by Gasteiger charge is -2.04. The Morgan fingerprint density at radius 1 is 1.30 bits per heavy atom. The highest BCUT2D eigenvalue weighted by Crippen LogP contribution is 2.25. The first kappa shape index (κ1) is 16.4. The molecule has 10 heteroatoms. The number of aromatic nitrogens is 2. The molecule has 0 saturated heterocycles. The Labute approximate surface area is 134 Å². The number of hydrogen-bond acceptors (Lipinski definition) is 7. The summed E-state index contributed by atoms with van der Waals surface area (Å²) in [5.41, 5.74) is -0.525. The first-order chi connectivity index (χ1) is 10.8. The standard InChI is InChI=1S/C13H10ClN3O6/c1-16-11(6-9(15-16)13(19)22-2)23-12(18)7-3-4-8(14)10(5-7)17(20)21/h3-6H,1-2H3. The molecule has 0 aliphatic rings. The Morgan fingerprint density at radius 2 is 2.00 bits per heavy atom. The van der Waals surface area contributed by atoms with Gasteiger partial charge in [0.1, 0.15) is 5.02 Å². The number of nitro benzene ring substituents is 1. The fourth-order valence-electron chi connectivity index (χ4n) is 1.68. The predicted molar refractivity (Wildman–Crippen MR) is 77.6 cm³/mol. The normalized spacial score (nSPS) is 10.2. The molecule has 0 radical (unpaired) electrons. The van der Waals surface area contributed by atoms with Crippen LogP contribution in [0.15, 0.2) is 24.3 Å². The molecule has 0 saturated carbocycles. The minimum atomic E-state index is -0.857. The number of halogens is 1. The van der Waals surface area contributed by atoms with E-state index in [1.54, 1.807) is 0 Å². The van der Waals surface area contributed by atoms with Gasteiger partial charge in [0.15, 0.2) is 5.69 Å². The van der Waals surface area contributed by atoms with E-state index in [-0.39, 0.29) is 22.2 Å². The molecule has 0 atom stereocenters. The highest BCUT2D eigenvalue weighted by atomic mass is 35.5. The van der Waals surface area contributed by atoms with E-state index in [2.05, 4.69) is 9.84 Å². The first-order valence-corrected chi connectivity index (χ1v) is 6.49. The Kier molecular flexibility index (Phi) is 4.60. The van der Waals surface area contributed by atoms with Crippen LogP contribution in [0.4, 0.5) is 5.69 Å². The summed E-state index contributed by atoms with van der Waals surface area (Å²) < 4.78 is 10.7. The number of carbonyl (C=O) groups is 2. The lowest BCUT2D eigenvalue weighted by molar-refractivity contribution is -0.384. The van der Waals surface area contributed by atoms with Crippen LogP contribution in [0.25, 0.3) is 0 Å². The van der Waals surface area contributed by atoms with Gasteiger partial charge in [-0.25, -0.2) is 14.3 Å². The SMILES string of the molecule is COC(=O)c1cc(OC(=O)c2ccc(Cl)c([N+](=O)[O-])c2)n(C)n1. The highest BCUT2D eigenvalue weighted by Gasteiger charge is 2.20. The van der Waals surface area contributed by atoms with Crippen LogP contribution in [0.1, 0.15) is 20.8 Å². The summed E-state index contributed by atoms with van der Waals surface area (Å²) >= 11 is 5.68. The third-order valence-corrected chi connectivity index (χ3v) is 3.13. The molecule has 1 heterocycles. The van der Waals surface area contributed by atoms with E-state index >= 15 is 0 Å². The molecule has 2 aromatic rings. The van der Waals surface area contributed by atoms with E-state index in [0.29, 0.717) is 0 Å². The number of nitro groups is 1. The maximum atomic E-state index is 12.1. The minimum Gasteiger partial charge on any atom is -0.464 e. The highest BCUT2D eigenvalue weighted by molar-refractivity contribution is 6.32. The number of rotatable bonds is 4. The number of hydrogen-bond donors (Lipinski definition) is 0. The van der Waals surface area contributed by atoms with E-state index in [9.17, 15) is 19.7 Å². The number of methoxy groups -OCH3 is 1. The van der Waals surface area contributed by atoms with Gasteiger partial charge in [0.25, 0.3) is 5.69 Å². The minimum absolute atomic E-state index is 0.0204. The van der Waals surface area contributed by atoms with Gasteiger partial charge in [0, 0.05) is 19.2 Å². The van der Waals surface area contributed by atoms with Crippen molar-refractivity contribution < 1.29 is 24.0 Å². The van der Waals surface area contributed by atoms with Crippen LogP contribution in [-0.4, -0.2) is 33.8 Å². The molecule has 0 fully saturated rings.